The molecule has 1 aliphatic rings. The average Bonchev–Trinajstić information content (AvgIpc) is 3.26. The van der Waals surface area contributed by atoms with Crippen LogP contribution in [0.25, 0.3) is 0 Å². The monoisotopic (exact) mass is 491 g/mol. The molecule has 186 valence electrons. The maximum Gasteiger partial charge on any atom is 0.224 e. The Kier molecular flexibility index (Phi) is 9.44. The number of primary sulfonamides is 1. The predicted octanol–water partition coefficient (Wildman–Crippen LogP) is 2.64. The highest BCUT2D eigenvalue weighted by molar-refractivity contribution is 7.89. The van der Waals surface area contributed by atoms with Crippen molar-refractivity contribution in [3.8, 4) is 5.75 Å². The van der Waals surface area contributed by atoms with E-state index in [0.29, 0.717) is 24.9 Å². The molecule has 2 aromatic carbocycles. The Hall–Kier alpha value is -2.49. The third kappa shape index (κ3) is 8.38. The minimum Gasteiger partial charge on any atom is -0.494 e. The summed E-state index contributed by atoms with van der Waals surface area (Å²) in [6, 6.07) is 13.6. The van der Waals surface area contributed by atoms with E-state index < -0.39 is 10.0 Å². The number of benzene rings is 2. The summed E-state index contributed by atoms with van der Waals surface area (Å²) in [5.41, 5.74) is 3.25. The lowest BCUT2D eigenvalue weighted by Crippen LogP contribution is -2.28. The Morgan fingerprint density at radius 2 is 1.85 bits per heavy atom. The summed E-state index contributed by atoms with van der Waals surface area (Å²) in [5, 5.41) is 11.3. The molecular weight excluding hydrogens is 457 g/mol. The molecule has 0 unspecified atom stereocenters. The molecule has 0 bridgehead atoms. The molecule has 4 N–H and O–H groups in total. The molecule has 3 rings (SSSR count). The topological polar surface area (TPSA) is 111 Å². The standard InChI is InChI=1S/C25H34FN3O4S/c1-33-24-15-19(5-10-23(24)26)11-13-28-22-9-8-21(17-22)20-6-3-18(4-7-20)16-25(30)29-12-2-14-34(27,31)32/h3-7,10,15,21-22,28H,2,8-9,11-14,16-17H2,1H3,(H,29,30)(H2,27,31,32)/t21-,22+/m1/s1. The van der Waals surface area contributed by atoms with Crippen molar-refractivity contribution in [3.05, 3.63) is 65.0 Å². The molecule has 7 nitrogen and oxygen atoms in total. The summed E-state index contributed by atoms with van der Waals surface area (Å²) in [5.74, 6) is 0.154. The van der Waals surface area contributed by atoms with Gasteiger partial charge >= 0.3 is 0 Å². The predicted molar refractivity (Wildman–Crippen MR) is 131 cm³/mol. The second kappa shape index (κ2) is 12.3. The van der Waals surface area contributed by atoms with E-state index in [1.165, 1.54) is 18.7 Å². The summed E-state index contributed by atoms with van der Waals surface area (Å²) in [6.45, 7) is 1.12. The number of carbonyl (C=O) groups excluding carboxylic acids is 1. The molecule has 0 spiro atoms. The molecule has 9 heteroatoms. The zero-order valence-electron chi connectivity index (χ0n) is 19.6. The van der Waals surface area contributed by atoms with Crippen molar-refractivity contribution < 1.29 is 22.3 Å². The van der Waals surface area contributed by atoms with Crippen LogP contribution in [-0.2, 0) is 27.7 Å². The van der Waals surface area contributed by atoms with E-state index in [1.807, 2.05) is 12.1 Å². The number of hydrogen-bond acceptors (Lipinski definition) is 5. The van der Waals surface area contributed by atoms with Crippen LogP contribution in [0.1, 0.15) is 48.3 Å². The maximum absolute atomic E-state index is 13.5. The van der Waals surface area contributed by atoms with Gasteiger partial charge in [-0.25, -0.2) is 17.9 Å². The van der Waals surface area contributed by atoms with E-state index in [9.17, 15) is 17.6 Å². The van der Waals surface area contributed by atoms with Gasteiger partial charge in [0.25, 0.3) is 0 Å². The van der Waals surface area contributed by atoms with Crippen LogP contribution in [0.3, 0.4) is 0 Å². The summed E-state index contributed by atoms with van der Waals surface area (Å²) in [6.07, 6.45) is 4.68. The van der Waals surface area contributed by atoms with Gasteiger partial charge in [0.05, 0.1) is 19.3 Å². The molecule has 0 aliphatic heterocycles. The van der Waals surface area contributed by atoms with Crippen molar-refractivity contribution in [2.45, 2.75) is 50.5 Å². The van der Waals surface area contributed by atoms with Gasteiger partial charge < -0.3 is 15.4 Å². The number of sulfonamides is 1. The number of hydrogen-bond donors (Lipinski definition) is 3. The van der Waals surface area contributed by atoms with E-state index in [-0.39, 0.29) is 29.6 Å². The average molecular weight is 492 g/mol. The van der Waals surface area contributed by atoms with Crippen LogP contribution in [-0.4, -0.2) is 46.3 Å². The molecule has 1 saturated carbocycles. The molecule has 1 fully saturated rings. The van der Waals surface area contributed by atoms with Gasteiger partial charge in [-0.1, -0.05) is 30.3 Å². The third-order valence-corrected chi connectivity index (χ3v) is 7.10. The Morgan fingerprint density at radius 1 is 1.12 bits per heavy atom. The molecule has 34 heavy (non-hydrogen) atoms. The zero-order chi connectivity index (χ0) is 24.6. The van der Waals surface area contributed by atoms with E-state index >= 15 is 0 Å². The third-order valence-electron chi connectivity index (χ3n) is 6.24. The first-order valence-electron chi connectivity index (χ1n) is 11.7. The highest BCUT2D eigenvalue weighted by Gasteiger charge is 2.25. The Balaban J connectivity index is 1.38. The number of nitrogens with one attached hydrogen (secondary N) is 2. The molecule has 0 aromatic heterocycles. The molecular formula is C25H34FN3O4S. The largest absolute Gasteiger partial charge is 0.494 e. The SMILES string of the molecule is COc1cc(CCN[C@H]2CC[C@@H](c3ccc(CC(=O)NCCCS(N)(=O)=O)cc3)C2)ccc1F. The first-order chi connectivity index (χ1) is 16.2. The fraction of sp³-hybridized carbons (Fsp3) is 0.480. The minimum atomic E-state index is -3.49. The summed E-state index contributed by atoms with van der Waals surface area (Å²) >= 11 is 0. The van der Waals surface area contributed by atoms with Crippen molar-refractivity contribution in [3.63, 3.8) is 0 Å². The lowest BCUT2D eigenvalue weighted by Gasteiger charge is -2.14. The fourth-order valence-electron chi connectivity index (χ4n) is 4.41. The second-order valence-electron chi connectivity index (χ2n) is 8.87. The van der Waals surface area contributed by atoms with Gasteiger partial charge in [0, 0.05) is 12.6 Å². The molecule has 1 amide bonds. The highest BCUT2D eigenvalue weighted by atomic mass is 32.2. The number of halogens is 1. The highest BCUT2D eigenvalue weighted by Crippen LogP contribution is 2.34. The summed E-state index contributed by atoms with van der Waals surface area (Å²) < 4.78 is 40.4. The van der Waals surface area contributed by atoms with Crippen LogP contribution >= 0.6 is 0 Å². The molecule has 2 aromatic rings. The van der Waals surface area contributed by atoms with Gasteiger partial charge in [-0.05, 0) is 73.4 Å². The molecule has 2 atom stereocenters. The van der Waals surface area contributed by atoms with Gasteiger partial charge in [-0.3, -0.25) is 4.79 Å². The number of methoxy groups -OCH3 is 1. The van der Waals surface area contributed by atoms with E-state index in [0.717, 1.165) is 43.4 Å². The Labute approximate surface area is 201 Å². The Bertz CT molecular complexity index is 1060. The Morgan fingerprint density at radius 3 is 2.56 bits per heavy atom. The fourth-order valence-corrected chi connectivity index (χ4v) is 4.95. The van der Waals surface area contributed by atoms with Crippen LogP contribution < -0.4 is 20.5 Å². The van der Waals surface area contributed by atoms with Crippen LogP contribution in [0.15, 0.2) is 42.5 Å². The number of nitrogens with two attached hydrogens (primary N) is 1. The summed E-state index contributed by atoms with van der Waals surface area (Å²) in [4.78, 5) is 12.1. The minimum absolute atomic E-state index is 0.133. The molecule has 1 aliphatic carbocycles. The van der Waals surface area contributed by atoms with Crippen molar-refractivity contribution in [2.24, 2.45) is 5.14 Å². The van der Waals surface area contributed by atoms with Crippen LogP contribution in [0.2, 0.25) is 0 Å². The lowest BCUT2D eigenvalue weighted by atomic mass is 9.96. The van der Waals surface area contributed by atoms with Gasteiger partial charge in [-0.15, -0.1) is 0 Å². The first-order valence-corrected chi connectivity index (χ1v) is 13.4. The number of ether oxygens (including phenoxy) is 1. The first kappa shape index (κ1) is 26.1. The van der Waals surface area contributed by atoms with Crippen molar-refractivity contribution in [1.82, 2.24) is 10.6 Å². The normalized spacial score (nSPS) is 18.1. The van der Waals surface area contributed by atoms with Gasteiger partial charge in [0.15, 0.2) is 11.6 Å². The van der Waals surface area contributed by atoms with E-state index in [2.05, 4.69) is 22.8 Å². The zero-order valence-corrected chi connectivity index (χ0v) is 20.4. The lowest BCUT2D eigenvalue weighted by molar-refractivity contribution is -0.120. The van der Waals surface area contributed by atoms with E-state index in [1.54, 1.807) is 12.1 Å². The number of amides is 1. The quantitative estimate of drug-likeness (QED) is 0.396. The smallest absolute Gasteiger partial charge is 0.224 e. The van der Waals surface area contributed by atoms with Crippen LogP contribution in [0.5, 0.6) is 5.75 Å². The van der Waals surface area contributed by atoms with Crippen molar-refractivity contribution >= 4 is 15.9 Å². The van der Waals surface area contributed by atoms with Gasteiger partial charge in [0.1, 0.15) is 0 Å². The maximum atomic E-state index is 13.5. The van der Waals surface area contributed by atoms with Crippen molar-refractivity contribution in [1.29, 1.82) is 0 Å². The van der Waals surface area contributed by atoms with Crippen LogP contribution in [0.4, 0.5) is 4.39 Å². The molecule has 0 heterocycles. The van der Waals surface area contributed by atoms with Gasteiger partial charge in [0.2, 0.25) is 15.9 Å². The van der Waals surface area contributed by atoms with Crippen molar-refractivity contribution in [2.75, 3.05) is 26.0 Å². The number of carbonyl (C=O) groups is 1. The molecule has 0 saturated heterocycles. The molecule has 0 radical (unpaired) electrons. The van der Waals surface area contributed by atoms with Gasteiger partial charge in [-0.2, -0.15) is 0 Å². The summed E-state index contributed by atoms with van der Waals surface area (Å²) in [7, 11) is -2.02. The second-order valence-corrected chi connectivity index (χ2v) is 10.6. The van der Waals surface area contributed by atoms with Crippen LogP contribution in [0, 0.1) is 5.82 Å². The number of rotatable bonds is 12. The van der Waals surface area contributed by atoms with E-state index in [4.69, 9.17) is 9.88 Å².